The molecule has 0 spiro atoms. The summed E-state index contributed by atoms with van der Waals surface area (Å²) in [4.78, 5) is 4.89. The molecule has 0 aliphatic carbocycles. The highest BCUT2D eigenvalue weighted by Crippen LogP contribution is 2.42. The van der Waals surface area contributed by atoms with Gasteiger partial charge in [-0.05, 0) is 54.3 Å². The summed E-state index contributed by atoms with van der Waals surface area (Å²) < 4.78 is 27.8. The summed E-state index contributed by atoms with van der Waals surface area (Å²) in [5, 5.41) is 3.51. The maximum absolute atomic E-state index is 13.9. The van der Waals surface area contributed by atoms with Crippen molar-refractivity contribution in [1.82, 2.24) is 5.32 Å². The van der Waals surface area contributed by atoms with E-state index < -0.39 is 5.54 Å². The van der Waals surface area contributed by atoms with Crippen LogP contribution in [-0.2, 0) is 12.0 Å². The molecule has 1 heterocycles. The second-order valence-electron chi connectivity index (χ2n) is 7.36. The second-order valence-corrected chi connectivity index (χ2v) is 7.36. The van der Waals surface area contributed by atoms with Crippen molar-refractivity contribution in [1.29, 1.82) is 0 Å². The van der Waals surface area contributed by atoms with Crippen LogP contribution in [0.5, 0.6) is 0 Å². The summed E-state index contributed by atoms with van der Waals surface area (Å²) in [7, 11) is 0. The highest BCUT2D eigenvalue weighted by Gasteiger charge is 2.42. The maximum Gasteiger partial charge on any atom is 0.123 e. The van der Waals surface area contributed by atoms with E-state index in [0.717, 1.165) is 29.8 Å². The summed E-state index contributed by atoms with van der Waals surface area (Å²) in [6, 6.07) is 22.9. The fraction of sp³-hybridized carbons (Fsp3) is 0.208. The van der Waals surface area contributed by atoms with Gasteiger partial charge in [0.1, 0.15) is 17.7 Å². The Bertz CT molecular complexity index is 1010. The molecule has 0 saturated carbocycles. The van der Waals surface area contributed by atoms with Crippen molar-refractivity contribution >= 4 is 18.2 Å². The van der Waals surface area contributed by atoms with E-state index in [0.29, 0.717) is 0 Å². The van der Waals surface area contributed by atoms with Gasteiger partial charge in [0.2, 0.25) is 0 Å². The molecule has 0 radical (unpaired) electrons. The number of aliphatic imine (C=N–C) groups is 1. The van der Waals surface area contributed by atoms with E-state index in [9.17, 15) is 8.78 Å². The lowest BCUT2D eigenvalue weighted by Crippen LogP contribution is -2.41. The van der Waals surface area contributed by atoms with Gasteiger partial charge in [0, 0.05) is 6.42 Å². The largest absolute Gasteiger partial charge is 0.362 e. The number of rotatable bonds is 5. The predicted molar refractivity (Wildman–Crippen MR) is 115 cm³/mol. The normalized spacial score (nSPS) is 20.5. The second kappa shape index (κ2) is 8.75. The van der Waals surface area contributed by atoms with Gasteiger partial charge in [-0.15, -0.1) is 12.4 Å². The number of halogens is 3. The highest BCUT2D eigenvalue weighted by molar-refractivity contribution is 5.86. The molecule has 2 atom stereocenters. The van der Waals surface area contributed by atoms with E-state index in [2.05, 4.69) is 17.4 Å². The number of hydrogen-bond acceptors (Lipinski definition) is 2. The molecule has 2 nitrogen and oxygen atoms in total. The minimum absolute atomic E-state index is 0. The highest BCUT2D eigenvalue weighted by atomic mass is 35.5. The van der Waals surface area contributed by atoms with Crippen molar-refractivity contribution in [3.8, 4) is 0 Å². The van der Waals surface area contributed by atoms with Gasteiger partial charge >= 0.3 is 0 Å². The molecule has 0 amide bonds. The molecule has 3 aromatic carbocycles. The number of nitrogens with one attached hydrogen (secondary N) is 1. The number of nitrogens with zero attached hydrogens (tertiary/aromatic N) is 1. The zero-order valence-electron chi connectivity index (χ0n) is 16.1. The molecule has 0 saturated heterocycles. The Morgan fingerprint density at radius 3 is 2.24 bits per heavy atom. The lowest BCUT2D eigenvalue weighted by molar-refractivity contribution is 0.382. The molecule has 4 rings (SSSR count). The molecular weight excluding hydrogens is 390 g/mol. The smallest absolute Gasteiger partial charge is 0.123 e. The zero-order valence-corrected chi connectivity index (χ0v) is 16.9. The minimum atomic E-state index is -0.651. The molecule has 3 aromatic rings. The van der Waals surface area contributed by atoms with Gasteiger partial charge in [-0.25, -0.2) is 8.78 Å². The molecular formula is C24H23ClF2N2. The molecule has 0 fully saturated rings. The third-order valence-electron chi connectivity index (χ3n) is 5.32. The average Bonchev–Trinajstić information content (AvgIpc) is 3.05. The van der Waals surface area contributed by atoms with Gasteiger partial charge in [-0.2, -0.15) is 0 Å². The number of hydrogen-bond donors (Lipinski definition) is 1. The fourth-order valence-corrected chi connectivity index (χ4v) is 3.85. The standard InChI is InChI=1S/C24H22F2N2.ClH/c1-24(19-10-6-12-21(26)16-19)23(18-9-5-11-20(25)15-18)27-22(28-24)14-13-17-7-3-2-4-8-17;/h2-12,15-16,23H,13-14H2,1H3,(H,27,28);1H/t23-,24+;/m1./s1. The van der Waals surface area contributed by atoms with Crippen molar-refractivity contribution in [3.63, 3.8) is 0 Å². The predicted octanol–water partition coefficient (Wildman–Crippen LogP) is 5.98. The van der Waals surface area contributed by atoms with Gasteiger partial charge in [-0.1, -0.05) is 54.6 Å². The number of amidine groups is 1. The number of benzene rings is 3. The first-order valence-electron chi connectivity index (χ1n) is 9.45. The molecule has 29 heavy (non-hydrogen) atoms. The molecule has 1 aliphatic heterocycles. The van der Waals surface area contributed by atoms with E-state index in [4.69, 9.17) is 4.99 Å². The van der Waals surface area contributed by atoms with Crippen LogP contribution in [0.2, 0.25) is 0 Å². The van der Waals surface area contributed by atoms with E-state index in [1.807, 2.05) is 37.3 Å². The van der Waals surface area contributed by atoms with E-state index in [-0.39, 0.29) is 30.1 Å². The summed E-state index contributed by atoms with van der Waals surface area (Å²) in [6.07, 6.45) is 1.59. The van der Waals surface area contributed by atoms with Crippen molar-refractivity contribution in [2.75, 3.05) is 0 Å². The van der Waals surface area contributed by atoms with Gasteiger partial charge in [0.05, 0.1) is 11.4 Å². The summed E-state index contributed by atoms with van der Waals surface area (Å²) in [5.74, 6) is 0.258. The van der Waals surface area contributed by atoms with Crippen molar-refractivity contribution in [2.45, 2.75) is 31.3 Å². The molecule has 0 aromatic heterocycles. The van der Waals surface area contributed by atoms with Crippen LogP contribution in [0.3, 0.4) is 0 Å². The maximum atomic E-state index is 13.9. The summed E-state index contributed by atoms with van der Waals surface area (Å²) in [5.41, 5.74) is 2.14. The Morgan fingerprint density at radius 2 is 1.55 bits per heavy atom. The van der Waals surface area contributed by atoms with Crippen molar-refractivity contribution < 1.29 is 8.78 Å². The Kier molecular flexibility index (Phi) is 6.33. The van der Waals surface area contributed by atoms with Gasteiger partial charge < -0.3 is 5.32 Å². The van der Waals surface area contributed by atoms with Crippen LogP contribution < -0.4 is 5.32 Å². The Hall–Kier alpha value is -2.72. The molecule has 1 aliphatic rings. The van der Waals surface area contributed by atoms with Crippen LogP contribution >= 0.6 is 12.4 Å². The summed E-state index contributed by atoms with van der Waals surface area (Å²) >= 11 is 0. The quantitative estimate of drug-likeness (QED) is 0.547. The Morgan fingerprint density at radius 1 is 0.862 bits per heavy atom. The van der Waals surface area contributed by atoms with Crippen LogP contribution in [0.4, 0.5) is 8.78 Å². The molecule has 1 N–H and O–H groups in total. The van der Waals surface area contributed by atoms with Crippen LogP contribution in [0.1, 0.15) is 36.1 Å². The first kappa shape index (κ1) is 21.0. The minimum Gasteiger partial charge on any atom is -0.362 e. The molecule has 150 valence electrons. The van der Waals surface area contributed by atoms with Gasteiger partial charge in [-0.3, -0.25) is 4.99 Å². The third-order valence-corrected chi connectivity index (χ3v) is 5.32. The first-order chi connectivity index (χ1) is 13.5. The van der Waals surface area contributed by atoms with Crippen LogP contribution in [-0.4, -0.2) is 5.84 Å². The van der Waals surface area contributed by atoms with Crippen LogP contribution in [0.25, 0.3) is 0 Å². The molecule has 0 bridgehead atoms. The Balaban J connectivity index is 0.00000240. The topological polar surface area (TPSA) is 24.4 Å². The van der Waals surface area contributed by atoms with Gasteiger partial charge in [0.15, 0.2) is 0 Å². The first-order valence-corrected chi connectivity index (χ1v) is 9.45. The average molecular weight is 413 g/mol. The van der Waals surface area contributed by atoms with E-state index in [1.54, 1.807) is 12.1 Å². The molecule has 0 unspecified atom stereocenters. The van der Waals surface area contributed by atoms with Gasteiger partial charge in [0.25, 0.3) is 0 Å². The van der Waals surface area contributed by atoms with E-state index in [1.165, 1.54) is 29.8 Å². The molecule has 5 heteroatoms. The van der Waals surface area contributed by atoms with Crippen molar-refractivity contribution in [3.05, 3.63) is 107 Å². The lowest BCUT2D eigenvalue weighted by Gasteiger charge is -2.32. The third kappa shape index (κ3) is 4.48. The van der Waals surface area contributed by atoms with Crippen LogP contribution in [0, 0.1) is 11.6 Å². The number of aryl methyl sites for hydroxylation is 1. The SMILES string of the molecule is C[C@@]1(c2cccc(F)c2)NC(CCc2ccccc2)=N[C@@H]1c1cccc(F)c1.Cl. The van der Waals surface area contributed by atoms with E-state index >= 15 is 0 Å². The fourth-order valence-electron chi connectivity index (χ4n) is 3.85. The lowest BCUT2D eigenvalue weighted by atomic mass is 9.82. The zero-order chi connectivity index (χ0) is 19.6. The monoisotopic (exact) mass is 412 g/mol. The summed E-state index contributed by atoms with van der Waals surface area (Å²) in [6.45, 7) is 2.00. The van der Waals surface area contributed by atoms with Crippen LogP contribution in [0.15, 0.2) is 83.9 Å². The van der Waals surface area contributed by atoms with Crippen molar-refractivity contribution in [2.24, 2.45) is 4.99 Å². The Labute approximate surface area is 176 Å².